The zero-order valence-electron chi connectivity index (χ0n) is 3.46. The van der Waals surface area contributed by atoms with Gasteiger partial charge < -0.3 is 0 Å². The Morgan fingerprint density at radius 2 is 2.43 bits per heavy atom. The van der Waals surface area contributed by atoms with Crippen molar-refractivity contribution in [1.82, 2.24) is 3.53 Å². The molecule has 0 radical (unpaired) electrons. The second-order valence-corrected chi connectivity index (χ2v) is 4.71. The molecule has 0 aromatic heterocycles. The van der Waals surface area contributed by atoms with E-state index in [0.717, 1.165) is 13.2 Å². The third kappa shape index (κ3) is 8.11. The third-order valence-electron chi connectivity index (χ3n) is 0.315. The summed E-state index contributed by atoms with van der Waals surface area (Å²) in [6, 6.07) is 0. The van der Waals surface area contributed by atoms with Gasteiger partial charge in [-0.05, 0) is 0 Å². The average molecular weight is 440 g/mol. The van der Waals surface area contributed by atoms with Crippen molar-refractivity contribution in [3.05, 3.63) is 0 Å². The first kappa shape index (κ1) is 9.11. The molecule has 0 aliphatic rings. The molecule has 0 rings (SSSR count). The van der Waals surface area contributed by atoms with E-state index in [0.29, 0.717) is 0 Å². The number of rotatable bonds is 4. The van der Waals surface area contributed by atoms with Crippen LogP contribution >= 0.6 is 41.5 Å². The van der Waals surface area contributed by atoms with E-state index in [1.54, 1.807) is 0 Å². The van der Waals surface area contributed by atoms with Crippen LogP contribution in [0, 0.1) is 0 Å². The van der Waals surface area contributed by atoms with Crippen LogP contribution in [0.2, 0.25) is 0 Å². The molecule has 1 N–H and O–H groups in total. The number of hydrogen-bond donors (Lipinski definition) is 1. The first-order valence-electron chi connectivity index (χ1n) is 1.63. The summed E-state index contributed by atoms with van der Waals surface area (Å²) in [6.07, 6.45) is 0. The second kappa shape index (κ2) is 8.11. The summed E-state index contributed by atoms with van der Waals surface area (Å²) in [7, 11) is 0. The van der Waals surface area contributed by atoms with Gasteiger partial charge >= 0.3 is 78.9 Å². The van der Waals surface area contributed by atoms with Gasteiger partial charge in [0.25, 0.3) is 0 Å². The molecule has 7 heavy (non-hydrogen) atoms. The Morgan fingerprint density at radius 3 is 2.86 bits per heavy atom. The van der Waals surface area contributed by atoms with E-state index in [9.17, 15) is 0 Å². The fourth-order valence-electron chi connectivity index (χ4n) is 0.106. The minimum absolute atomic E-state index is 0.0216. The fraction of sp³-hybridized carbons (Fsp3) is 1.00. The summed E-state index contributed by atoms with van der Waals surface area (Å²) >= 11 is 4.41. The van der Waals surface area contributed by atoms with Crippen LogP contribution in [0.3, 0.4) is 0 Å². The van der Waals surface area contributed by atoms with Crippen molar-refractivity contribution in [2.24, 2.45) is 0 Å². The van der Waals surface area contributed by atoms with Crippen molar-refractivity contribution in [3.63, 3.8) is 0 Å². The maximum absolute atomic E-state index is 5.10. The predicted molar refractivity (Wildman–Crippen MR) is 42.0 cm³/mol. The van der Waals surface area contributed by atoms with E-state index in [4.69, 9.17) is 3.07 Å². The van der Waals surface area contributed by atoms with Crippen LogP contribution in [0.25, 0.3) is 0 Å². The van der Waals surface area contributed by atoms with Gasteiger partial charge in [-0.2, -0.15) is 0 Å². The summed E-state index contributed by atoms with van der Waals surface area (Å²) in [5.41, 5.74) is 0. The first-order chi connectivity index (χ1) is 3.41. The van der Waals surface area contributed by atoms with Gasteiger partial charge in [0.2, 0.25) is 0 Å². The molecule has 0 aliphatic heterocycles. The van der Waals surface area contributed by atoms with Crippen LogP contribution in [-0.4, -0.2) is 13.2 Å². The van der Waals surface area contributed by atoms with Crippen LogP contribution in [0.4, 0.5) is 0 Å². The normalized spacial score (nSPS) is 10.0. The van der Waals surface area contributed by atoms with Crippen LogP contribution in [0.15, 0.2) is 0 Å². The molecule has 0 unspecified atom stereocenters. The standard InChI is InChI=1S/C2H5I3NO/c3-5-7-2-1-6-4/h6H,1-2H2/q-1. The SMILES string of the molecule is INCCO[I-]I. The van der Waals surface area contributed by atoms with Crippen LogP contribution in [-0.2, 0) is 3.07 Å². The number of nitrogens with one attached hydrogen (secondary N) is 1. The number of hydrogen-bond acceptors (Lipinski definition) is 2. The Hall–Kier alpha value is 2.11. The Balaban J connectivity index is 2.45. The monoisotopic (exact) mass is 440 g/mol. The quantitative estimate of drug-likeness (QED) is 0.320. The second-order valence-electron chi connectivity index (χ2n) is 0.755. The molecular weight excluding hydrogens is 435 g/mol. The molecule has 0 heterocycles. The Kier molecular flexibility index (Phi) is 10.6. The van der Waals surface area contributed by atoms with Crippen molar-refractivity contribution >= 4 is 41.5 Å². The molecule has 0 fully saturated rings. The molecule has 0 aromatic carbocycles. The molecule has 0 saturated heterocycles. The van der Waals surface area contributed by atoms with Gasteiger partial charge in [0.15, 0.2) is 0 Å². The van der Waals surface area contributed by atoms with E-state index in [1.807, 2.05) is 0 Å². The average Bonchev–Trinajstić information content (AvgIpc) is 1.69. The Morgan fingerprint density at radius 1 is 1.71 bits per heavy atom. The van der Waals surface area contributed by atoms with Crippen molar-refractivity contribution in [3.8, 4) is 0 Å². The molecule has 0 aromatic rings. The topological polar surface area (TPSA) is 21.3 Å². The number of halogens is 3. The van der Waals surface area contributed by atoms with Crippen LogP contribution in [0.5, 0.6) is 0 Å². The molecule has 5 heteroatoms. The molecule has 0 atom stereocenters. The van der Waals surface area contributed by atoms with Crippen molar-refractivity contribution < 1.29 is 20.7 Å². The molecule has 0 amide bonds. The van der Waals surface area contributed by atoms with Gasteiger partial charge in [-0.15, -0.1) is 0 Å². The van der Waals surface area contributed by atoms with Crippen molar-refractivity contribution in [1.29, 1.82) is 0 Å². The van der Waals surface area contributed by atoms with E-state index in [-0.39, 0.29) is 17.6 Å². The van der Waals surface area contributed by atoms with Gasteiger partial charge in [0.1, 0.15) is 0 Å². The molecular formula is C2H5I3NO-. The summed E-state index contributed by atoms with van der Waals surface area (Å²) in [5.74, 6) is 0. The zero-order valence-corrected chi connectivity index (χ0v) is 9.93. The van der Waals surface area contributed by atoms with Gasteiger partial charge in [-0.25, -0.2) is 0 Å². The molecule has 2 nitrogen and oxygen atoms in total. The van der Waals surface area contributed by atoms with Gasteiger partial charge in [-0.3, -0.25) is 0 Å². The van der Waals surface area contributed by atoms with E-state index in [2.05, 4.69) is 45.0 Å². The van der Waals surface area contributed by atoms with Gasteiger partial charge in [0.05, 0.1) is 0 Å². The van der Waals surface area contributed by atoms with Crippen molar-refractivity contribution in [2.45, 2.75) is 0 Å². The summed E-state index contributed by atoms with van der Waals surface area (Å²) in [4.78, 5) is 0. The van der Waals surface area contributed by atoms with Crippen molar-refractivity contribution in [2.75, 3.05) is 13.2 Å². The Bertz CT molecular complexity index is 32.1. The van der Waals surface area contributed by atoms with E-state index in [1.165, 1.54) is 0 Å². The molecule has 46 valence electrons. The van der Waals surface area contributed by atoms with E-state index >= 15 is 0 Å². The van der Waals surface area contributed by atoms with Crippen LogP contribution in [0.1, 0.15) is 0 Å². The maximum atomic E-state index is 5.10. The molecule has 0 saturated carbocycles. The van der Waals surface area contributed by atoms with Crippen LogP contribution < -0.4 is 21.2 Å². The van der Waals surface area contributed by atoms with Gasteiger partial charge in [0, 0.05) is 0 Å². The molecule has 0 spiro atoms. The summed E-state index contributed by atoms with van der Waals surface area (Å²) in [5, 5.41) is 0. The third-order valence-corrected chi connectivity index (χ3v) is 3.11. The molecule has 0 bridgehead atoms. The summed E-state index contributed by atoms with van der Waals surface area (Å²) in [6.45, 7) is 1.82. The zero-order chi connectivity index (χ0) is 5.54. The van der Waals surface area contributed by atoms with Gasteiger partial charge in [-0.1, -0.05) is 0 Å². The minimum atomic E-state index is 0.0216. The summed E-state index contributed by atoms with van der Waals surface area (Å²) < 4.78 is 8.07. The molecule has 0 aliphatic carbocycles. The first-order valence-corrected chi connectivity index (χ1v) is 9.87. The Labute approximate surface area is 77.6 Å². The predicted octanol–water partition coefficient (Wildman–Crippen LogP) is -1.70. The van der Waals surface area contributed by atoms with E-state index < -0.39 is 0 Å². The fourth-order valence-corrected chi connectivity index (χ4v) is 1.83.